The van der Waals surface area contributed by atoms with E-state index in [9.17, 15) is 13.2 Å². The van der Waals surface area contributed by atoms with Crippen LogP contribution in [0.4, 0.5) is 13.2 Å². The third-order valence-electron chi connectivity index (χ3n) is 4.92. The van der Waals surface area contributed by atoms with Crippen molar-refractivity contribution >= 4 is 0 Å². The van der Waals surface area contributed by atoms with E-state index in [-0.39, 0.29) is 0 Å². The van der Waals surface area contributed by atoms with Crippen LogP contribution in [-0.4, -0.2) is 31.1 Å². The minimum Gasteiger partial charge on any atom is -0.460 e. The average Bonchev–Trinajstić information content (AvgIpc) is 3.17. The quantitative estimate of drug-likeness (QED) is 0.390. The van der Waals surface area contributed by atoms with Crippen LogP contribution in [0.3, 0.4) is 0 Å². The van der Waals surface area contributed by atoms with Gasteiger partial charge in [-0.2, -0.15) is 13.2 Å². The molecule has 29 heavy (non-hydrogen) atoms. The van der Waals surface area contributed by atoms with Crippen LogP contribution < -0.4 is 5.32 Å². The van der Waals surface area contributed by atoms with Crippen molar-refractivity contribution in [1.29, 1.82) is 0 Å². The zero-order valence-electron chi connectivity index (χ0n) is 17.5. The second-order valence-electron chi connectivity index (χ2n) is 7.42. The van der Waals surface area contributed by atoms with Gasteiger partial charge in [-0.05, 0) is 69.7 Å². The maximum atomic E-state index is 12.9. The van der Waals surface area contributed by atoms with Crippen LogP contribution in [-0.2, 0) is 12.7 Å². The number of halogens is 3. The van der Waals surface area contributed by atoms with E-state index in [2.05, 4.69) is 24.1 Å². The van der Waals surface area contributed by atoms with Crippen molar-refractivity contribution < 1.29 is 17.6 Å². The number of alkyl halides is 3. The highest BCUT2D eigenvalue weighted by atomic mass is 19.4. The minimum absolute atomic E-state index is 0.438. The van der Waals surface area contributed by atoms with E-state index in [0.29, 0.717) is 17.9 Å². The number of hydrogen-bond acceptors (Lipinski definition) is 3. The highest BCUT2D eigenvalue weighted by Gasteiger charge is 2.30. The lowest BCUT2D eigenvalue weighted by atomic mass is 10.1. The first-order valence-electron chi connectivity index (χ1n) is 10.6. The van der Waals surface area contributed by atoms with Gasteiger partial charge in [0.1, 0.15) is 11.5 Å². The molecule has 0 saturated carbocycles. The summed E-state index contributed by atoms with van der Waals surface area (Å²) in [6, 6.07) is 8.77. The number of benzene rings is 1. The molecule has 2 aromatic rings. The Morgan fingerprint density at radius 3 is 2.28 bits per heavy atom. The Morgan fingerprint density at radius 1 is 0.931 bits per heavy atom. The monoisotopic (exact) mass is 410 g/mol. The fourth-order valence-corrected chi connectivity index (χ4v) is 3.21. The van der Waals surface area contributed by atoms with Gasteiger partial charge in [-0.3, -0.25) is 0 Å². The lowest BCUT2D eigenvalue weighted by Crippen LogP contribution is -2.29. The third-order valence-corrected chi connectivity index (χ3v) is 4.92. The molecule has 0 spiro atoms. The van der Waals surface area contributed by atoms with Crippen molar-refractivity contribution in [2.75, 3.05) is 26.2 Å². The SMILES string of the molecule is CCCCN(CCCC)CCCNCc1ccc(-c2cccc(C(F)(F)F)c2)o1. The molecule has 0 saturated heterocycles. The smallest absolute Gasteiger partial charge is 0.416 e. The second kappa shape index (κ2) is 12.0. The predicted molar refractivity (Wildman–Crippen MR) is 112 cm³/mol. The Kier molecular flexibility index (Phi) is 9.74. The van der Waals surface area contributed by atoms with Gasteiger partial charge in [0.15, 0.2) is 0 Å². The van der Waals surface area contributed by atoms with Gasteiger partial charge >= 0.3 is 6.18 Å². The predicted octanol–water partition coefficient (Wildman–Crippen LogP) is 6.35. The molecule has 2 rings (SSSR count). The molecule has 6 heteroatoms. The van der Waals surface area contributed by atoms with Crippen molar-refractivity contribution in [3.05, 3.63) is 47.7 Å². The molecule has 0 aliphatic carbocycles. The van der Waals surface area contributed by atoms with E-state index >= 15 is 0 Å². The molecule has 162 valence electrons. The fourth-order valence-electron chi connectivity index (χ4n) is 3.21. The lowest BCUT2D eigenvalue weighted by molar-refractivity contribution is -0.137. The Balaban J connectivity index is 1.78. The first-order chi connectivity index (χ1) is 13.9. The summed E-state index contributed by atoms with van der Waals surface area (Å²) in [5.41, 5.74) is -0.227. The van der Waals surface area contributed by atoms with Crippen molar-refractivity contribution in [3.63, 3.8) is 0 Å². The second-order valence-corrected chi connectivity index (χ2v) is 7.42. The van der Waals surface area contributed by atoms with Gasteiger partial charge in [0.25, 0.3) is 0 Å². The molecule has 1 aromatic carbocycles. The van der Waals surface area contributed by atoms with Gasteiger partial charge in [0, 0.05) is 5.56 Å². The molecule has 0 unspecified atom stereocenters. The van der Waals surface area contributed by atoms with Crippen molar-refractivity contribution in [2.45, 2.75) is 58.7 Å². The molecule has 0 atom stereocenters. The van der Waals surface area contributed by atoms with Gasteiger partial charge in [0.05, 0.1) is 12.1 Å². The van der Waals surface area contributed by atoms with Crippen LogP contribution in [0.25, 0.3) is 11.3 Å². The van der Waals surface area contributed by atoms with E-state index in [1.807, 2.05) is 6.07 Å². The van der Waals surface area contributed by atoms with E-state index in [1.54, 1.807) is 12.1 Å². The van der Waals surface area contributed by atoms with Crippen LogP contribution in [0.1, 0.15) is 57.3 Å². The third kappa shape index (κ3) is 8.23. The highest BCUT2D eigenvalue weighted by Crippen LogP contribution is 2.32. The number of unbranched alkanes of at least 4 members (excludes halogenated alkanes) is 2. The van der Waals surface area contributed by atoms with Crippen LogP contribution in [0, 0.1) is 0 Å². The van der Waals surface area contributed by atoms with E-state index in [0.717, 1.165) is 50.5 Å². The fraction of sp³-hybridized carbons (Fsp3) is 0.565. The van der Waals surface area contributed by atoms with Gasteiger partial charge in [-0.1, -0.05) is 38.8 Å². The summed E-state index contributed by atoms with van der Waals surface area (Å²) in [6.45, 7) is 9.30. The number of rotatable bonds is 13. The summed E-state index contributed by atoms with van der Waals surface area (Å²) in [5, 5.41) is 3.37. The average molecular weight is 411 g/mol. The summed E-state index contributed by atoms with van der Waals surface area (Å²) < 4.78 is 44.4. The summed E-state index contributed by atoms with van der Waals surface area (Å²) in [7, 11) is 0. The summed E-state index contributed by atoms with van der Waals surface area (Å²) in [6.07, 6.45) is 1.62. The molecular formula is C23H33F3N2O. The number of hydrogen-bond donors (Lipinski definition) is 1. The normalized spacial score (nSPS) is 12.1. The van der Waals surface area contributed by atoms with Gasteiger partial charge in [0.2, 0.25) is 0 Å². The first kappa shape index (κ1) is 23.5. The van der Waals surface area contributed by atoms with E-state index in [4.69, 9.17) is 4.42 Å². The van der Waals surface area contributed by atoms with Crippen molar-refractivity contribution in [1.82, 2.24) is 10.2 Å². The molecule has 3 nitrogen and oxygen atoms in total. The van der Waals surface area contributed by atoms with Crippen LogP contribution >= 0.6 is 0 Å². The van der Waals surface area contributed by atoms with Crippen LogP contribution in [0.5, 0.6) is 0 Å². The summed E-state index contributed by atoms with van der Waals surface area (Å²) in [4.78, 5) is 2.54. The van der Waals surface area contributed by atoms with Crippen molar-refractivity contribution in [3.8, 4) is 11.3 Å². The molecule has 0 aliphatic heterocycles. The van der Waals surface area contributed by atoms with E-state index < -0.39 is 11.7 Å². The molecule has 0 amide bonds. The molecule has 1 heterocycles. The molecule has 0 fully saturated rings. The molecular weight excluding hydrogens is 377 g/mol. The summed E-state index contributed by atoms with van der Waals surface area (Å²) in [5.74, 6) is 1.18. The van der Waals surface area contributed by atoms with Gasteiger partial charge in [-0.25, -0.2) is 0 Å². The van der Waals surface area contributed by atoms with E-state index in [1.165, 1.54) is 31.7 Å². The first-order valence-corrected chi connectivity index (χ1v) is 10.6. The number of nitrogens with one attached hydrogen (secondary N) is 1. The zero-order valence-corrected chi connectivity index (χ0v) is 17.5. The molecule has 1 N–H and O–H groups in total. The minimum atomic E-state index is -4.35. The molecule has 0 bridgehead atoms. The largest absolute Gasteiger partial charge is 0.460 e. The Morgan fingerprint density at radius 2 is 1.62 bits per heavy atom. The van der Waals surface area contributed by atoms with Gasteiger partial charge in [-0.15, -0.1) is 0 Å². The molecule has 0 aliphatic rings. The van der Waals surface area contributed by atoms with Crippen molar-refractivity contribution in [2.24, 2.45) is 0 Å². The highest BCUT2D eigenvalue weighted by molar-refractivity contribution is 5.58. The maximum absolute atomic E-state index is 12.9. The van der Waals surface area contributed by atoms with Gasteiger partial charge < -0.3 is 14.6 Å². The Bertz CT molecular complexity index is 704. The zero-order chi connectivity index (χ0) is 21.1. The lowest BCUT2D eigenvalue weighted by Gasteiger charge is -2.21. The summed E-state index contributed by atoms with van der Waals surface area (Å²) >= 11 is 0. The van der Waals surface area contributed by atoms with Crippen LogP contribution in [0.15, 0.2) is 40.8 Å². The standard InChI is InChI=1S/C23H33F3N2O/c1-3-5-14-28(15-6-4-2)16-8-13-27-18-21-11-12-22(29-21)19-9-7-10-20(17-19)23(24,25)26/h7,9-12,17,27H,3-6,8,13-16,18H2,1-2H3. The molecule has 0 radical (unpaired) electrons. The topological polar surface area (TPSA) is 28.4 Å². The van der Waals surface area contributed by atoms with Crippen LogP contribution in [0.2, 0.25) is 0 Å². The maximum Gasteiger partial charge on any atom is 0.416 e. The number of nitrogens with zero attached hydrogens (tertiary/aromatic N) is 1. The number of furan rings is 1. The molecule has 1 aromatic heterocycles. The Hall–Kier alpha value is -1.79. The Labute approximate surface area is 172 Å².